The number of hydrogen-bond acceptors (Lipinski definition) is 4. The van der Waals surface area contributed by atoms with Gasteiger partial charge in [0, 0.05) is 25.6 Å². The van der Waals surface area contributed by atoms with Gasteiger partial charge in [-0.25, -0.2) is 12.7 Å². The predicted octanol–water partition coefficient (Wildman–Crippen LogP) is 1.21. The van der Waals surface area contributed by atoms with E-state index in [0.717, 1.165) is 6.26 Å². The first-order chi connectivity index (χ1) is 12.2. The van der Waals surface area contributed by atoms with Crippen LogP contribution in [0.5, 0.6) is 0 Å². The average molecular weight is 382 g/mol. The van der Waals surface area contributed by atoms with Crippen LogP contribution in [0.3, 0.4) is 0 Å². The van der Waals surface area contributed by atoms with Crippen molar-refractivity contribution in [3.8, 4) is 0 Å². The van der Waals surface area contributed by atoms with Crippen molar-refractivity contribution in [2.24, 2.45) is 5.92 Å². The molecular weight excluding hydrogens is 356 g/mol. The van der Waals surface area contributed by atoms with Gasteiger partial charge in [0.1, 0.15) is 5.41 Å². The summed E-state index contributed by atoms with van der Waals surface area (Å²) in [5, 5.41) is 12.6. The lowest BCUT2D eigenvalue weighted by atomic mass is 9.78. The number of hydrogen-bond donors (Lipinski definition) is 2. The fraction of sp³-hybridized carbons (Fsp3) is 0.556. The Labute approximate surface area is 154 Å². The fourth-order valence-corrected chi connectivity index (χ4v) is 4.24. The first kappa shape index (κ1) is 20.4. The van der Waals surface area contributed by atoms with E-state index in [-0.39, 0.29) is 18.4 Å². The van der Waals surface area contributed by atoms with Crippen LogP contribution in [0.1, 0.15) is 31.7 Å². The van der Waals surface area contributed by atoms with Crippen LogP contribution in [0.2, 0.25) is 0 Å². The maximum absolute atomic E-state index is 12.5. The summed E-state index contributed by atoms with van der Waals surface area (Å²) in [5.74, 6) is -1.49. The third kappa shape index (κ3) is 4.42. The van der Waals surface area contributed by atoms with E-state index in [2.05, 4.69) is 5.32 Å². The number of sulfonamides is 1. The number of carboxylic acid groups (broad SMARTS) is 1. The Kier molecular flexibility index (Phi) is 6.41. The largest absolute Gasteiger partial charge is 0.481 e. The van der Waals surface area contributed by atoms with E-state index in [0.29, 0.717) is 37.9 Å². The van der Waals surface area contributed by atoms with Crippen LogP contribution in [0, 0.1) is 5.92 Å². The van der Waals surface area contributed by atoms with Crippen molar-refractivity contribution in [3.05, 3.63) is 35.9 Å². The average Bonchev–Trinajstić information content (AvgIpc) is 2.62. The minimum Gasteiger partial charge on any atom is -0.481 e. The number of amides is 1. The van der Waals surface area contributed by atoms with Crippen molar-refractivity contribution < 1.29 is 23.1 Å². The number of nitrogens with zero attached hydrogens (tertiary/aromatic N) is 1. The second-order valence-corrected chi connectivity index (χ2v) is 8.74. The van der Waals surface area contributed by atoms with Gasteiger partial charge in [0.05, 0.1) is 6.26 Å². The molecule has 0 aromatic heterocycles. The van der Waals surface area contributed by atoms with Gasteiger partial charge < -0.3 is 10.4 Å². The molecule has 1 aromatic rings. The van der Waals surface area contributed by atoms with Gasteiger partial charge in [-0.15, -0.1) is 0 Å². The zero-order valence-corrected chi connectivity index (χ0v) is 16.0. The molecule has 144 valence electrons. The van der Waals surface area contributed by atoms with Crippen LogP contribution in [0.4, 0.5) is 0 Å². The molecule has 1 aliphatic rings. The molecule has 2 N–H and O–H groups in total. The van der Waals surface area contributed by atoms with Crippen LogP contribution >= 0.6 is 0 Å². The molecule has 1 unspecified atom stereocenters. The quantitative estimate of drug-likeness (QED) is 0.738. The summed E-state index contributed by atoms with van der Waals surface area (Å²) >= 11 is 0. The molecule has 0 spiro atoms. The fourth-order valence-electron chi connectivity index (χ4n) is 3.37. The molecule has 2 rings (SSSR count). The van der Waals surface area contributed by atoms with Gasteiger partial charge >= 0.3 is 5.97 Å². The molecule has 1 amide bonds. The molecule has 1 aromatic carbocycles. The van der Waals surface area contributed by atoms with E-state index < -0.39 is 21.4 Å². The molecule has 1 fully saturated rings. The Balaban J connectivity index is 2.03. The number of nitrogens with one attached hydrogen (secondary N) is 1. The number of aliphatic carboxylic acids is 1. The van der Waals surface area contributed by atoms with Crippen LogP contribution in [-0.2, 0) is 25.0 Å². The Morgan fingerprint density at radius 3 is 2.27 bits per heavy atom. The summed E-state index contributed by atoms with van der Waals surface area (Å²) < 4.78 is 24.5. The standard InChI is InChI=1S/C18H26N2O5S/c1-3-18(17(22)23,15-7-5-4-6-8-15)13-19-16(21)14-9-11-20(12-10-14)26(2,24)25/h4-8,14H,3,9-13H2,1-2H3,(H,19,21)(H,22,23). The van der Waals surface area contributed by atoms with Gasteiger partial charge in [-0.1, -0.05) is 37.3 Å². The number of carbonyl (C=O) groups excluding carboxylic acids is 1. The molecular formula is C18H26N2O5S. The molecule has 0 bridgehead atoms. The van der Waals surface area contributed by atoms with E-state index in [9.17, 15) is 23.1 Å². The van der Waals surface area contributed by atoms with Crippen LogP contribution in [0.15, 0.2) is 30.3 Å². The van der Waals surface area contributed by atoms with Gasteiger partial charge in [-0.2, -0.15) is 0 Å². The van der Waals surface area contributed by atoms with E-state index in [1.807, 2.05) is 6.07 Å². The van der Waals surface area contributed by atoms with Crippen molar-refractivity contribution in [2.75, 3.05) is 25.9 Å². The lowest BCUT2D eigenvalue weighted by molar-refractivity contribution is -0.144. The summed E-state index contributed by atoms with van der Waals surface area (Å²) in [6, 6.07) is 8.90. The molecule has 8 heteroatoms. The summed E-state index contributed by atoms with van der Waals surface area (Å²) in [6.45, 7) is 2.42. The van der Waals surface area contributed by atoms with E-state index >= 15 is 0 Å². The van der Waals surface area contributed by atoms with E-state index in [1.165, 1.54) is 4.31 Å². The number of rotatable bonds is 7. The Bertz CT molecular complexity index is 742. The maximum Gasteiger partial charge on any atom is 0.315 e. The minimum absolute atomic E-state index is 0.00791. The molecule has 1 atom stereocenters. The van der Waals surface area contributed by atoms with Gasteiger partial charge in [0.2, 0.25) is 15.9 Å². The smallest absolute Gasteiger partial charge is 0.315 e. The SMILES string of the molecule is CCC(CNC(=O)C1CCN(S(C)(=O)=O)CC1)(C(=O)O)c1ccccc1. The maximum atomic E-state index is 12.5. The van der Waals surface area contributed by atoms with Crippen molar-refractivity contribution in [1.29, 1.82) is 0 Å². The van der Waals surface area contributed by atoms with Crippen molar-refractivity contribution >= 4 is 21.9 Å². The lowest BCUT2D eigenvalue weighted by Gasteiger charge is -2.32. The predicted molar refractivity (Wildman–Crippen MR) is 98.2 cm³/mol. The Hall–Kier alpha value is -1.93. The van der Waals surface area contributed by atoms with Crippen molar-refractivity contribution in [3.63, 3.8) is 0 Å². The van der Waals surface area contributed by atoms with Gasteiger partial charge in [0.25, 0.3) is 0 Å². The third-order valence-corrected chi connectivity index (χ3v) is 6.50. The zero-order chi connectivity index (χ0) is 19.4. The lowest BCUT2D eigenvalue weighted by Crippen LogP contribution is -2.49. The number of benzene rings is 1. The van der Waals surface area contributed by atoms with Crippen molar-refractivity contribution in [2.45, 2.75) is 31.6 Å². The molecule has 26 heavy (non-hydrogen) atoms. The molecule has 1 heterocycles. The topological polar surface area (TPSA) is 104 Å². The van der Waals surface area contributed by atoms with Crippen LogP contribution in [-0.4, -0.2) is 55.6 Å². The third-order valence-electron chi connectivity index (χ3n) is 5.20. The second-order valence-electron chi connectivity index (χ2n) is 6.76. The zero-order valence-electron chi connectivity index (χ0n) is 15.1. The normalized spacial score (nSPS) is 18.8. The number of piperidine rings is 1. The summed E-state index contributed by atoms with van der Waals surface area (Å²) in [7, 11) is -3.24. The Morgan fingerprint density at radius 1 is 1.23 bits per heavy atom. The first-order valence-electron chi connectivity index (χ1n) is 8.72. The van der Waals surface area contributed by atoms with E-state index in [4.69, 9.17) is 0 Å². The monoisotopic (exact) mass is 382 g/mol. The number of carboxylic acids is 1. The molecule has 7 nitrogen and oxygen atoms in total. The highest BCUT2D eigenvalue weighted by atomic mass is 32.2. The van der Waals surface area contributed by atoms with Crippen LogP contribution in [0.25, 0.3) is 0 Å². The molecule has 0 aliphatic carbocycles. The molecule has 0 saturated carbocycles. The van der Waals surface area contributed by atoms with Gasteiger partial charge in [-0.3, -0.25) is 9.59 Å². The van der Waals surface area contributed by atoms with Crippen molar-refractivity contribution in [1.82, 2.24) is 9.62 Å². The summed E-state index contributed by atoms with van der Waals surface area (Å²) in [5.41, 5.74) is -0.521. The highest BCUT2D eigenvalue weighted by Crippen LogP contribution is 2.28. The molecule has 1 saturated heterocycles. The highest BCUT2D eigenvalue weighted by Gasteiger charge is 2.39. The summed E-state index contributed by atoms with van der Waals surface area (Å²) in [4.78, 5) is 24.5. The van der Waals surface area contributed by atoms with Gasteiger partial charge in [-0.05, 0) is 24.8 Å². The second kappa shape index (κ2) is 8.18. The highest BCUT2D eigenvalue weighted by molar-refractivity contribution is 7.88. The molecule has 1 aliphatic heterocycles. The van der Waals surface area contributed by atoms with E-state index in [1.54, 1.807) is 31.2 Å². The van der Waals surface area contributed by atoms with Crippen LogP contribution < -0.4 is 5.32 Å². The molecule has 0 radical (unpaired) electrons. The van der Waals surface area contributed by atoms with Gasteiger partial charge in [0.15, 0.2) is 0 Å². The Morgan fingerprint density at radius 2 is 1.81 bits per heavy atom. The first-order valence-corrected chi connectivity index (χ1v) is 10.6. The summed E-state index contributed by atoms with van der Waals surface area (Å²) in [6.07, 6.45) is 2.39. The minimum atomic E-state index is -3.24. The number of carbonyl (C=O) groups is 2.